The molecule has 1 atom stereocenters. The SMILES string of the molecule is COC1C=Cc2nc(-c3nn(COCC[Si](C)(C)C)cc3I)n(COCC[Si](C)(C)C)c2C1. The van der Waals surface area contributed by atoms with Crippen LogP contribution in [0.3, 0.4) is 0 Å². The molecule has 0 aromatic carbocycles. The molecule has 0 fully saturated rings. The molecular weight excluding hydrogens is 563 g/mol. The third-order valence-corrected chi connectivity index (χ3v) is 9.83. The summed E-state index contributed by atoms with van der Waals surface area (Å²) in [5.74, 6) is 0.847. The smallest absolute Gasteiger partial charge is 0.164 e. The second kappa shape index (κ2) is 11.3. The lowest BCUT2D eigenvalue weighted by Crippen LogP contribution is -2.23. The van der Waals surface area contributed by atoms with Gasteiger partial charge in [-0.25, -0.2) is 9.67 Å². The third kappa shape index (κ3) is 7.86. The first-order valence-electron chi connectivity index (χ1n) is 11.7. The van der Waals surface area contributed by atoms with Gasteiger partial charge < -0.3 is 18.8 Å². The molecule has 0 spiro atoms. The molecule has 0 saturated carbocycles. The highest BCUT2D eigenvalue weighted by atomic mass is 127. The van der Waals surface area contributed by atoms with Crippen molar-refractivity contribution in [1.29, 1.82) is 0 Å². The number of hydrogen-bond donors (Lipinski definition) is 0. The number of ether oxygens (including phenoxy) is 3. The van der Waals surface area contributed by atoms with Crippen LogP contribution in [0.25, 0.3) is 17.6 Å². The molecule has 0 saturated heterocycles. The highest BCUT2D eigenvalue weighted by Gasteiger charge is 2.25. The van der Waals surface area contributed by atoms with Crippen LogP contribution in [-0.2, 0) is 34.1 Å². The Hall–Kier alpha value is -0.796. The van der Waals surface area contributed by atoms with E-state index in [1.807, 2.05) is 10.9 Å². The predicted molar refractivity (Wildman–Crippen MR) is 148 cm³/mol. The zero-order chi connectivity index (χ0) is 24.2. The molecule has 1 aliphatic rings. The van der Waals surface area contributed by atoms with Crippen molar-refractivity contribution in [2.45, 2.75) is 77.4 Å². The average Bonchev–Trinajstić information content (AvgIpc) is 3.26. The highest BCUT2D eigenvalue weighted by Crippen LogP contribution is 2.30. The van der Waals surface area contributed by atoms with Gasteiger partial charge in [-0.1, -0.05) is 45.4 Å². The summed E-state index contributed by atoms with van der Waals surface area (Å²) in [7, 11) is -0.498. The van der Waals surface area contributed by atoms with Crippen molar-refractivity contribution >= 4 is 44.8 Å². The van der Waals surface area contributed by atoms with Crippen LogP contribution in [0.2, 0.25) is 51.4 Å². The Bertz CT molecular complexity index is 960. The molecule has 10 heteroatoms. The summed E-state index contributed by atoms with van der Waals surface area (Å²) in [6, 6.07) is 2.29. The average molecular weight is 603 g/mol. The van der Waals surface area contributed by atoms with E-state index < -0.39 is 16.1 Å². The van der Waals surface area contributed by atoms with Crippen LogP contribution in [0.4, 0.5) is 0 Å². The summed E-state index contributed by atoms with van der Waals surface area (Å²) in [6.07, 6.45) is 7.00. The van der Waals surface area contributed by atoms with E-state index in [-0.39, 0.29) is 6.10 Å². The number of nitrogens with zero attached hydrogens (tertiary/aromatic N) is 4. The van der Waals surface area contributed by atoms with Crippen molar-refractivity contribution in [3.05, 3.63) is 27.2 Å². The second-order valence-corrected chi connectivity index (χ2v) is 23.5. The van der Waals surface area contributed by atoms with Crippen LogP contribution in [0.15, 0.2) is 12.3 Å². The Morgan fingerprint density at radius 1 is 1.03 bits per heavy atom. The number of fused-ring (bicyclic) bond motifs is 1. The van der Waals surface area contributed by atoms with Gasteiger partial charge in [-0.3, -0.25) is 0 Å². The zero-order valence-electron chi connectivity index (χ0n) is 21.2. The summed E-state index contributed by atoms with van der Waals surface area (Å²) < 4.78 is 22.8. The Balaban J connectivity index is 1.79. The normalized spacial score (nSPS) is 16.4. The van der Waals surface area contributed by atoms with Crippen LogP contribution in [-0.4, -0.2) is 61.9 Å². The van der Waals surface area contributed by atoms with Crippen molar-refractivity contribution in [2.75, 3.05) is 20.3 Å². The maximum Gasteiger partial charge on any atom is 0.164 e. The van der Waals surface area contributed by atoms with E-state index in [0.717, 1.165) is 58.2 Å². The van der Waals surface area contributed by atoms with Gasteiger partial charge >= 0.3 is 0 Å². The molecule has 2 aromatic rings. The fraction of sp³-hybridized carbons (Fsp3) is 0.652. The molecule has 1 aliphatic carbocycles. The maximum atomic E-state index is 6.14. The first-order valence-corrected chi connectivity index (χ1v) is 20.2. The van der Waals surface area contributed by atoms with Crippen molar-refractivity contribution in [3.63, 3.8) is 0 Å². The minimum Gasteiger partial charge on any atom is -0.377 e. The lowest BCUT2D eigenvalue weighted by atomic mass is 10.1. The zero-order valence-corrected chi connectivity index (χ0v) is 25.3. The van der Waals surface area contributed by atoms with Gasteiger partial charge in [0.05, 0.1) is 21.1 Å². The van der Waals surface area contributed by atoms with E-state index in [9.17, 15) is 0 Å². The first kappa shape index (κ1) is 26.8. The minimum atomic E-state index is -1.15. The maximum absolute atomic E-state index is 6.14. The molecule has 0 N–H and O–H groups in total. The van der Waals surface area contributed by atoms with Crippen molar-refractivity contribution in [2.24, 2.45) is 0 Å². The molecule has 2 aromatic heterocycles. The number of aromatic nitrogens is 4. The molecule has 33 heavy (non-hydrogen) atoms. The first-order chi connectivity index (χ1) is 15.5. The van der Waals surface area contributed by atoms with E-state index >= 15 is 0 Å². The summed E-state index contributed by atoms with van der Waals surface area (Å²) in [5, 5.41) is 4.83. The predicted octanol–water partition coefficient (Wildman–Crippen LogP) is 5.56. The van der Waals surface area contributed by atoms with Crippen LogP contribution < -0.4 is 0 Å². The van der Waals surface area contributed by atoms with E-state index in [0.29, 0.717) is 13.5 Å². The largest absolute Gasteiger partial charge is 0.377 e. The lowest BCUT2D eigenvalue weighted by molar-refractivity contribution is 0.0784. The molecule has 1 unspecified atom stereocenters. The van der Waals surface area contributed by atoms with Gasteiger partial charge in [-0.2, -0.15) is 5.10 Å². The molecule has 0 amide bonds. The molecule has 7 nitrogen and oxygen atoms in total. The Kier molecular flexibility index (Phi) is 9.17. The Labute approximate surface area is 214 Å². The molecule has 2 heterocycles. The molecule has 184 valence electrons. The second-order valence-electron chi connectivity index (χ2n) is 11.1. The van der Waals surface area contributed by atoms with Crippen LogP contribution >= 0.6 is 22.6 Å². The monoisotopic (exact) mass is 602 g/mol. The summed E-state index contributed by atoms with van der Waals surface area (Å²) in [5.41, 5.74) is 2.99. The number of hydrogen-bond acceptors (Lipinski definition) is 5. The van der Waals surface area contributed by atoms with Gasteiger partial charge in [-0.15, -0.1) is 0 Å². The molecule has 3 rings (SSSR count). The fourth-order valence-corrected chi connectivity index (χ4v) is 5.66. The van der Waals surface area contributed by atoms with E-state index in [2.05, 4.69) is 78.6 Å². The minimum absolute atomic E-state index is 0.0548. The van der Waals surface area contributed by atoms with Gasteiger partial charge in [0.25, 0.3) is 0 Å². The van der Waals surface area contributed by atoms with E-state index in [1.165, 1.54) is 0 Å². The van der Waals surface area contributed by atoms with Gasteiger partial charge in [-0.05, 0) is 40.8 Å². The van der Waals surface area contributed by atoms with Crippen molar-refractivity contribution < 1.29 is 14.2 Å². The standard InChI is InChI=1S/C23H39IN4O3Si2/c1-29-18-8-9-20-21(14-18)28(17-31-11-13-33(5,6)7)23(25-20)22-19(24)15-27(26-22)16-30-10-12-32(2,3)4/h8-9,15,18H,10-14,16-17H2,1-7H3. The lowest BCUT2D eigenvalue weighted by Gasteiger charge is -2.19. The van der Waals surface area contributed by atoms with Gasteiger partial charge in [0.1, 0.15) is 19.2 Å². The van der Waals surface area contributed by atoms with Crippen LogP contribution in [0.1, 0.15) is 11.4 Å². The summed E-state index contributed by atoms with van der Waals surface area (Å²) in [6.45, 7) is 16.7. The van der Waals surface area contributed by atoms with Gasteiger partial charge in [0.15, 0.2) is 5.82 Å². The van der Waals surface area contributed by atoms with E-state index in [1.54, 1.807) is 7.11 Å². The van der Waals surface area contributed by atoms with E-state index in [4.69, 9.17) is 24.3 Å². The van der Waals surface area contributed by atoms with Crippen molar-refractivity contribution in [1.82, 2.24) is 19.3 Å². The topological polar surface area (TPSA) is 63.3 Å². The quantitative estimate of drug-likeness (QED) is 0.181. The van der Waals surface area contributed by atoms with Crippen LogP contribution in [0, 0.1) is 3.57 Å². The third-order valence-electron chi connectivity index (χ3n) is 5.64. The molecule has 0 bridgehead atoms. The fourth-order valence-electron chi connectivity index (χ4n) is 3.48. The van der Waals surface area contributed by atoms with Gasteiger partial charge in [0, 0.05) is 49.1 Å². The number of imidazole rings is 1. The number of halogens is 1. The molecular formula is C23H39IN4O3Si2. The van der Waals surface area contributed by atoms with Gasteiger partial charge in [0.2, 0.25) is 0 Å². The summed E-state index contributed by atoms with van der Waals surface area (Å²) in [4.78, 5) is 4.95. The van der Waals surface area contributed by atoms with Crippen molar-refractivity contribution in [3.8, 4) is 11.5 Å². The number of rotatable bonds is 12. The Morgan fingerprint density at radius 3 is 2.27 bits per heavy atom. The van der Waals surface area contributed by atoms with Crippen LogP contribution in [0.5, 0.6) is 0 Å². The molecule has 0 aliphatic heterocycles. The number of methoxy groups -OCH3 is 1. The Morgan fingerprint density at radius 2 is 1.67 bits per heavy atom. The highest BCUT2D eigenvalue weighted by molar-refractivity contribution is 14.1. The summed E-state index contributed by atoms with van der Waals surface area (Å²) >= 11 is 2.34. The molecule has 0 radical (unpaired) electrons.